The topological polar surface area (TPSA) is 91.8 Å². The zero-order valence-corrected chi connectivity index (χ0v) is 18.0. The molecule has 2 aromatic rings. The smallest absolute Gasteiger partial charge is 0.267 e. The summed E-state index contributed by atoms with van der Waals surface area (Å²) in [6.45, 7) is 1.40. The molecule has 1 aromatic heterocycles. The Morgan fingerprint density at radius 3 is 2.58 bits per heavy atom. The molecule has 1 saturated heterocycles. The Kier molecular flexibility index (Phi) is 9.24. The fraction of sp³-hybridized carbons (Fsp3) is 0.261. The highest BCUT2D eigenvalue weighted by Crippen LogP contribution is 2.29. The number of nitrogens with one attached hydrogen (secondary N) is 1. The van der Waals surface area contributed by atoms with Crippen molar-refractivity contribution in [3.8, 4) is 5.75 Å². The minimum atomic E-state index is -0.636. The van der Waals surface area contributed by atoms with Crippen LogP contribution >= 0.6 is 12.4 Å². The first-order valence-corrected chi connectivity index (χ1v) is 9.79. The monoisotopic (exact) mass is 443 g/mol. The Morgan fingerprint density at radius 2 is 1.87 bits per heavy atom. The van der Waals surface area contributed by atoms with Gasteiger partial charge in [0.1, 0.15) is 5.75 Å². The highest BCUT2D eigenvalue weighted by atomic mass is 35.5. The number of pyridine rings is 1. The Bertz CT molecular complexity index is 961. The summed E-state index contributed by atoms with van der Waals surface area (Å²) in [5.74, 6) is 0.427. The number of halogens is 1. The standard InChI is InChI=1S/C23H25N3O4.ClH/c1-30-21-9-2-5-17(15-21)18-6-4-14-26(16-18)23(28)13-11-20-8-3-7-19(24-20)10-12-22(27)25-29;/h2-3,5,7-13,15,18,29H,4,6,14,16H2,1H3,(H,25,27);1H/b12-10+,13-11+;. The molecule has 8 heteroatoms. The first-order chi connectivity index (χ1) is 14.6. The van der Waals surface area contributed by atoms with Crippen LogP contribution in [0.15, 0.2) is 54.6 Å². The van der Waals surface area contributed by atoms with Crippen LogP contribution in [0.4, 0.5) is 0 Å². The van der Waals surface area contributed by atoms with Gasteiger partial charge in [0.15, 0.2) is 0 Å². The number of nitrogens with zero attached hydrogens (tertiary/aromatic N) is 2. The van der Waals surface area contributed by atoms with Crippen molar-refractivity contribution in [2.45, 2.75) is 18.8 Å². The van der Waals surface area contributed by atoms with Crippen LogP contribution in [0.25, 0.3) is 12.2 Å². The Balaban J connectivity index is 0.00000341. The maximum atomic E-state index is 12.7. The maximum absolute atomic E-state index is 12.7. The highest BCUT2D eigenvalue weighted by molar-refractivity contribution is 5.92. The van der Waals surface area contributed by atoms with Gasteiger partial charge in [0.2, 0.25) is 5.91 Å². The van der Waals surface area contributed by atoms with E-state index in [1.807, 2.05) is 23.1 Å². The van der Waals surface area contributed by atoms with Crippen LogP contribution < -0.4 is 10.2 Å². The second kappa shape index (κ2) is 11.9. The number of hydrogen-bond donors (Lipinski definition) is 2. The number of methoxy groups -OCH3 is 1. The lowest BCUT2D eigenvalue weighted by Gasteiger charge is -2.32. The van der Waals surface area contributed by atoms with Gasteiger partial charge in [0.25, 0.3) is 5.91 Å². The minimum absolute atomic E-state index is 0. The maximum Gasteiger partial charge on any atom is 0.267 e. The zero-order chi connectivity index (χ0) is 21.3. The van der Waals surface area contributed by atoms with E-state index in [4.69, 9.17) is 9.94 Å². The molecule has 2 heterocycles. The van der Waals surface area contributed by atoms with Crippen molar-refractivity contribution in [2.24, 2.45) is 0 Å². The lowest BCUT2D eigenvalue weighted by molar-refractivity contribution is -0.127. The zero-order valence-electron chi connectivity index (χ0n) is 17.2. The van der Waals surface area contributed by atoms with Crippen LogP contribution in [0, 0.1) is 0 Å². The van der Waals surface area contributed by atoms with Gasteiger partial charge in [-0.05, 0) is 54.8 Å². The third-order valence-corrected chi connectivity index (χ3v) is 5.00. The molecule has 1 atom stereocenters. The predicted molar refractivity (Wildman–Crippen MR) is 121 cm³/mol. The molecule has 1 fully saturated rings. The van der Waals surface area contributed by atoms with E-state index in [0.717, 1.165) is 25.1 Å². The second-order valence-corrected chi connectivity index (χ2v) is 7.03. The fourth-order valence-electron chi connectivity index (χ4n) is 3.46. The van der Waals surface area contributed by atoms with Crippen molar-refractivity contribution in [1.82, 2.24) is 15.4 Å². The van der Waals surface area contributed by atoms with Crippen molar-refractivity contribution in [1.29, 1.82) is 0 Å². The molecule has 31 heavy (non-hydrogen) atoms. The SMILES string of the molecule is COc1cccc(C2CCCN(C(=O)/C=C/c3cccc(/C=C/C(=O)NO)n3)C2)c1.Cl. The molecular weight excluding hydrogens is 418 g/mol. The Labute approximate surface area is 187 Å². The van der Waals surface area contributed by atoms with E-state index < -0.39 is 5.91 Å². The number of amides is 2. The van der Waals surface area contributed by atoms with Crippen molar-refractivity contribution in [2.75, 3.05) is 20.2 Å². The number of ether oxygens (including phenoxy) is 1. The largest absolute Gasteiger partial charge is 0.497 e. The van der Waals surface area contributed by atoms with E-state index in [-0.39, 0.29) is 24.2 Å². The Morgan fingerprint density at radius 1 is 1.16 bits per heavy atom. The molecule has 2 amide bonds. The van der Waals surface area contributed by atoms with Crippen LogP contribution in [0.1, 0.15) is 35.7 Å². The molecule has 2 N–H and O–H groups in total. The number of benzene rings is 1. The molecule has 0 saturated carbocycles. The number of piperidine rings is 1. The van der Waals surface area contributed by atoms with Gasteiger partial charge in [0, 0.05) is 31.2 Å². The molecule has 0 bridgehead atoms. The van der Waals surface area contributed by atoms with E-state index >= 15 is 0 Å². The molecule has 1 aliphatic rings. The first kappa shape index (κ1) is 24.1. The van der Waals surface area contributed by atoms with Gasteiger partial charge >= 0.3 is 0 Å². The Hall–Kier alpha value is -3.16. The number of hydrogen-bond acceptors (Lipinski definition) is 5. The molecule has 1 unspecified atom stereocenters. The molecular formula is C23H26ClN3O4. The summed E-state index contributed by atoms with van der Waals surface area (Å²) in [6.07, 6.45) is 7.84. The lowest BCUT2D eigenvalue weighted by Crippen LogP contribution is -2.38. The van der Waals surface area contributed by atoms with Gasteiger partial charge in [-0.3, -0.25) is 14.8 Å². The number of aromatic nitrogens is 1. The number of likely N-dealkylation sites (tertiary alicyclic amines) is 1. The van der Waals surface area contributed by atoms with E-state index in [2.05, 4.69) is 11.1 Å². The summed E-state index contributed by atoms with van der Waals surface area (Å²) < 4.78 is 5.32. The second-order valence-electron chi connectivity index (χ2n) is 7.03. The number of rotatable bonds is 6. The summed E-state index contributed by atoms with van der Waals surface area (Å²) >= 11 is 0. The molecule has 0 aliphatic carbocycles. The van der Waals surface area contributed by atoms with Crippen molar-refractivity contribution < 1.29 is 19.5 Å². The normalized spacial score (nSPS) is 16.2. The summed E-state index contributed by atoms with van der Waals surface area (Å²) in [5, 5.41) is 8.52. The van der Waals surface area contributed by atoms with Gasteiger partial charge < -0.3 is 9.64 Å². The van der Waals surface area contributed by atoms with Crippen molar-refractivity contribution in [3.63, 3.8) is 0 Å². The van der Waals surface area contributed by atoms with Gasteiger partial charge in [-0.15, -0.1) is 12.4 Å². The average Bonchev–Trinajstić information content (AvgIpc) is 2.81. The quantitative estimate of drug-likeness (QED) is 0.405. The van der Waals surface area contributed by atoms with Crippen LogP contribution in [-0.2, 0) is 9.59 Å². The van der Waals surface area contributed by atoms with E-state index in [0.29, 0.717) is 17.9 Å². The van der Waals surface area contributed by atoms with Crippen molar-refractivity contribution in [3.05, 3.63) is 71.6 Å². The minimum Gasteiger partial charge on any atom is -0.497 e. The molecule has 164 valence electrons. The summed E-state index contributed by atoms with van der Waals surface area (Å²) in [7, 11) is 1.65. The molecule has 7 nitrogen and oxygen atoms in total. The van der Waals surface area contributed by atoms with Gasteiger partial charge in [-0.25, -0.2) is 10.5 Å². The van der Waals surface area contributed by atoms with Crippen LogP contribution in [-0.4, -0.2) is 47.1 Å². The number of carbonyl (C=O) groups excluding carboxylic acids is 2. The number of hydroxylamine groups is 1. The molecule has 0 radical (unpaired) electrons. The highest BCUT2D eigenvalue weighted by Gasteiger charge is 2.23. The lowest BCUT2D eigenvalue weighted by atomic mass is 9.90. The summed E-state index contributed by atoms with van der Waals surface area (Å²) in [5.41, 5.74) is 3.86. The summed E-state index contributed by atoms with van der Waals surface area (Å²) in [4.78, 5) is 30.0. The first-order valence-electron chi connectivity index (χ1n) is 9.79. The number of carbonyl (C=O) groups is 2. The van der Waals surface area contributed by atoms with Crippen LogP contribution in [0.5, 0.6) is 5.75 Å². The van der Waals surface area contributed by atoms with E-state index in [1.54, 1.807) is 31.4 Å². The molecule has 1 aliphatic heterocycles. The molecule has 0 spiro atoms. The summed E-state index contributed by atoms with van der Waals surface area (Å²) in [6, 6.07) is 13.3. The van der Waals surface area contributed by atoms with Gasteiger partial charge in [-0.2, -0.15) is 0 Å². The fourth-order valence-corrected chi connectivity index (χ4v) is 3.46. The molecule has 1 aromatic carbocycles. The predicted octanol–water partition coefficient (Wildman–Crippen LogP) is 3.45. The van der Waals surface area contributed by atoms with E-state index in [9.17, 15) is 9.59 Å². The molecule has 3 rings (SSSR count). The van der Waals surface area contributed by atoms with Crippen molar-refractivity contribution >= 4 is 36.4 Å². The average molecular weight is 444 g/mol. The van der Waals surface area contributed by atoms with Gasteiger partial charge in [0.05, 0.1) is 18.5 Å². The van der Waals surface area contributed by atoms with E-state index in [1.165, 1.54) is 29.3 Å². The van der Waals surface area contributed by atoms with Crippen LogP contribution in [0.2, 0.25) is 0 Å². The van der Waals surface area contributed by atoms with Gasteiger partial charge in [-0.1, -0.05) is 18.2 Å². The van der Waals surface area contributed by atoms with Crippen LogP contribution in [0.3, 0.4) is 0 Å². The third kappa shape index (κ3) is 6.94. The third-order valence-electron chi connectivity index (χ3n) is 5.00.